The van der Waals surface area contributed by atoms with Gasteiger partial charge in [0.2, 0.25) is 26.0 Å². The van der Waals surface area contributed by atoms with Crippen molar-refractivity contribution >= 4 is 31.6 Å². The summed E-state index contributed by atoms with van der Waals surface area (Å²) in [6.45, 7) is -0.432. The first-order valence-electron chi connectivity index (χ1n) is 9.29. The van der Waals surface area contributed by atoms with Gasteiger partial charge in [-0.25, -0.2) is 21.1 Å². The van der Waals surface area contributed by atoms with Crippen molar-refractivity contribution in [1.82, 2.24) is 9.21 Å². The molecule has 2 unspecified atom stereocenters. The average Bonchev–Trinajstić information content (AvgIpc) is 2.64. The smallest absolute Gasteiger partial charge is 0.243 e. The number of benzene rings is 1. The number of sulfonamides is 2. The molecule has 1 aliphatic carbocycles. The van der Waals surface area contributed by atoms with Gasteiger partial charge in [0.1, 0.15) is 6.54 Å². The van der Waals surface area contributed by atoms with Crippen molar-refractivity contribution in [2.45, 2.75) is 42.7 Å². The van der Waals surface area contributed by atoms with Gasteiger partial charge in [0.15, 0.2) is 0 Å². The summed E-state index contributed by atoms with van der Waals surface area (Å²) < 4.78 is 51.0. The lowest BCUT2D eigenvalue weighted by Crippen LogP contribution is -2.50. The van der Waals surface area contributed by atoms with Gasteiger partial charge in [-0.05, 0) is 37.1 Å². The van der Waals surface area contributed by atoms with E-state index in [4.69, 9.17) is 0 Å². The number of aliphatic hydroxyl groups is 1. The molecule has 0 heterocycles. The van der Waals surface area contributed by atoms with Gasteiger partial charge in [-0.1, -0.05) is 12.8 Å². The molecule has 0 radical (unpaired) electrons. The van der Waals surface area contributed by atoms with E-state index in [-0.39, 0.29) is 16.6 Å². The maximum atomic E-state index is 12.7. The van der Waals surface area contributed by atoms with Crippen LogP contribution in [0, 0.1) is 0 Å². The third-order valence-corrected chi connectivity index (χ3v) is 8.14. The number of amides is 1. The second-order valence-corrected chi connectivity index (χ2v) is 11.5. The molecule has 1 aromatic rings. The number of hydrogen-bond acceptors (Lipinski definition) is 6. The van der Waals surface area contributed by atoms with Crippen LogP contribution in [-0.4, -0.2) is 83.1 Å². The minimum absolute atomic E-state index is 0.0217. The predicted molar refractivity (Wildman–Crippen MR) is 111 cm³/mol. The average molecular weight is 448 g/mol. The molecule has 9 nitrogen and oxygen atoms in total. The SMILES string of the molecule is CN(C(=O)CN(c1ccc(S(=O)(=O)N(C)C)cc1)S(C)(=O)=O)C1CCCCC1O. The van der Waals surface area contributed by atoms with Gasteiger partial charge in [-0.15, -0.1) is 0 Å². The molecule has 164 valence electrons. The number of carbonyl (C=O) groups excluding carboxylic acids is 1. The molecule has 0 aliphatic heterocycles. The number of anilines is 1. The number of rotatable bonds is 7. The quantitative estimate of drug-likeness (QED) is 0.650. The zero-order valence-corrected chi connectivity index (χ0v) is 18.8. The van der Waals surface area contributed by atoms with Crippen LogP contribution in [0.1, 0.15) is 25.7 Å². The molecule has 1 aliphatic rings. The summed E-state index contributed by atoms with van der Waals surface area (Å²) in [5, 5.41) is 10.2. The second-order valence-electron chi connectivity index (χ2n) is 7.47. The number of aliphatic hydroxyl groups excluding tert-OH is 1. The molecule has 0 aromatic heterocycles. The fraction of sp³-hybridized carbons (Fsp3) is 0.611. The Morgan fingerprint density at radius 1 is 1.03 bits per heavy atom. The summed E-state index contributed by atoms with van der Waals surface area (Å²) in [6.07, 6.45) is 3.44. The van der Waals surface area contributed by atoms with Gasteiger partial charge >= 0.3 is 0 Å². The summed E-state index contributed by atoms with van der Waals surface area (Å²) in [6, 6.07) is 5.00. The first kappa shape index (κ1) is 23.6. The fourth-order valence-corrected chi connectivity index (χ4v) is 5.11. The van der Waals surface area contributed by atoms with E-state index < -0.39 is 38.6 Å². The van der Waals surface area contributed by atoms with Gasteiger partial charge in [0.05, 0.1) is 29.0 Å². The number of carbonyl (C=O) groups is 1. The van der Waals surface area contributed by atoms with E-state index in [1.165, 1.54) is 43.3 Å². The molecule has 29 heavy (non-hydrogen) atoms. The Morgan fingerprint density at radius 2 is 1.59 bits per heavy atom. The number of nitrogens with zero attached hydrogens (tertiary/aromatic N) is 3. The van der Waals surface area contributed by atoms with Crippen molar-refractivity contribution in [3.05, 3.63) is 24.3 Å². The monoisotopic (exact) mass is 447 g/mol. The molecule has 1 N–H and O–H groups in total. The summed E-state index contributed by atoms with van der Waals surface area (Å²) in [5.74, 6) is -0.439. The van der Waals surface area contributed by atoms with Gasteiger partial charge in [0, 0.05) is 21.1 Å². The molecule has 0 spiro atoms. The summed E-state index contributed by atoms with van der Waals surface area (Å²) in [7, 11) is -3.07. The first-order chi connectivity index (χ1) is 13.4. The van der Waals surface area contributed by atoms with E-state index in [1.54, 1.807) is 7.05 Å². The van der Waals surface area contributed by atoms with Crippen LogP contribution in [0.3, 0.4) is 0 Å². The molecule has 1 amide bonds. The Labute approximate surface area is 173 Å². The highest BCUT2D eigenvalue weighted by Gasteiger charge is 2.31. The van der Waals surface area contributed by atoms with Gasteiger partial charge < -0.3 is 10.0 Å². The van der Waals surface area contributed by atoms with Crippen LogP contribution >= 0.6 is 0 Å². The lowest BCUT2D eigenvalue weighted by molar-refractivity contribution is -0.133. The maximum absolute atomic E-state index is 12.7. The normalized spacial score (nSPS) is 20.5. The van der Waals surface area contributed by atoms with Crippen LogP contribution in [-0.2, 0) is 24.8 Å². The number of hydrogen-bond donors (Lipinski definition) is 1. The van der Waals surface area contributed by atoms with Crippen LogP contribution in [0.15, 0.2) is 29.2 Å². The maximum Gasteiger partial charge on any atom is 0.243 e. The molecule has 0 saturated heterocycles. The van der Waals surface area contributed by atoms with Crippen molar-refractivity contribution in [3.8, 4) is 0 Å². The van der Waals surface area contributed by atoms with Gasteiger partial charge in [-0.3, -0.25) is 9.10 Å². The first-order valence-corrected chi connectivity index (χ1v) is 12.6. The van der Waals surface area contributed by atoms with Crippen molar-refractivity contribution in [2.24, 2.45) is 0 Å². The molecule has 1 aromatic carbocycles. The largest absolute Gasteiger partial charge is 0.391 e. The highest BCUT2D eigenvalue weighted by Crippen LogP contribution is 2.24. The Kier molecular flexibility index (Phi) is 7.31. The lowest BCUT2D eigenvalue weighted by Gasteiger charge is -2.36. The van der Waals surface area contributed by atoms with E-state index in [9.17, 15) is 26.7 Å². The Balaban J connectivity index is 2.25. The zero-order valence-electron chi connectivity index (χ0n) is 17.1. The molecule has 11 heteroatoms. The molecule has 2 rings (SSSR count). The van der Waals surface area contributed by atoms with Gasteiger partial charge in [-0.2, -0.15) is 0 Å². The highest BCUT2D eigenvalue weighted by atomic mass is 32.2. The standard InChI is InChI=1S/C18H29N3O6S2/c1-19(2)29(26,27)15-11-9-14(10-12-15)21(28(4,24)25)13-18(23)20(3)16-7-5-6-8-17(16)22/h9-12,16-17,22H,5-8,13H2,1-4H3. The van der Waals surface area contributed by atoms with Crippen molar-refractivity contribution in [3.63, 3.8) is 0 Å². The summed E-state index contributed by atoms with van der Waals surface area (Å²) in [4.78, 5) is 14.2. The van der Waals surface area contributed by atoms with E-state index in [0.717, 1.165) is 27.7 Å². The van der Waals surface area contributed by atoms with Crippen LogP contribution in [0.5, 0.6) is 0 Å². The third kappa shape index (κ3) is 5.47. The minimum Gasteiger partial charge on any atom is -0.391 e. The topological polar surface area (TPSA) is 115 Å². The van der Waals surface area contributed by atoms with Crippen LogP contribution in [0.4, 0.5) is 5.69 Å². The fourth-order valence-electron chi connectivity index (χ4n) is 3.36. The van der Waals surface area contributed by atoms with Crippen LogP contribution in [0.25, 0.3) is 0 Å². The Hall–Kier alpha value is -1.69. The molecular formula is C18H29N3O6S2. The Morgan fingerprint density at radius 3 is 2.07 bits per heavy atom. The molecular weight excluding hydrogens is 418 g/mol. The van der Waals surface area contributed by atoms with E-state index >= 15 is 0 Å². The Bertz CT molecular complexity index is 929. The second kappa shape index (κ2) is 8.99. The number of likely N-dealkylation sites (N-methyl/N-ethyl adjacent to an activating group) is 1. The van der Waals surface area contributed by atoms with E-state index in [1.807, 2.05) is 0 Å². The molecule has 1 saturated carbocycles. The molecule has 1 fully saturated rings. The molecule has 0 bridgehead atoms. The third-order valence-electron chi connectivity index (χ3n) is 5.17. The van der Waals surface area contributed by atoms with E-state index in [2.05, 4.69) is 0 Å². The summed E-state index contributed by atoms with van der Waals surface area (Å²) in [5.41, 5.74) is 0.191. The predicted octanol–water partition coefficient (Wildman–Crippen LogP) is 0.465. The zero-order chi connectivity index (χ0) is 22.0. The summed E-state index contributed by atoms with van der Waals surface area (Å²) >= 11 is 0. The van der Waals surface area contributed by atoms with Crippen LogP contribution < -0.4 is 4.31 Å². The highest BCUT2D eigenvalue weighted by molar-refractivity contribution is 7.92. The molecule has 2 atom stereocenters. The van der Waals surface area contributed by atoms with Crippen molar-refractivity contribution in [1.29, 1.82) is 0 Å². The van der Waals surface area contributed by atoms with Crippen LogP contribution in [0.2, 0.25) is 0 Å². The lowest BCUT2D eigenvalue weighted by atomic mass is 9.91. The van der Waals surface area contributed by atoms with Crippen molar-refractivity contribution < 1.29 is 26.7 Å². The minimum atomic E-state index is -3.79. The van der Waals surface area contributed by atoms with Crippen molar-refractivity contribution in [2.75, 3.05) is 38.2 Å². The van der Waals surface area contributed by atoms with Gasteiger partial charge in [0.25, 0.3) is 0 Å². The van der Waals surface area contributed by atoms with E-state index in [0.29, 0.717) is 12.8 Å².